The number of ether oxygens (including phenoxy) is 7. The quantitative estimate of drug-likeness (QED) is 0.0157. The minimum atomic E-state index is -5.65. The number of carboxylic acid groups (broad SMARTS) is 3. The average molecular weight is 1150 g/mol. The lowest BCUT2D eigenvalue weighted by Gasteiger charge is -2.29. The second-order valence-electron chi connectivity index (χ2n) is 17.7. The maximum atomic E-state index is 14.5. The molecule has 436 valence electrons. The number of carbonyl (C=O) groups is 9. The summed E-state index contributed by atoms with van der Waals surface area (Å²) in [6, 6.07) is 12.1. The van der Waals surface area contributed by atoms with Gasteiger partial charge in [-0.2, -0.15) is 13.2 Å². The molecule has 0 saturated heterocycles. The van der Waals surface area contributed by atoms with Crippen molar-refractivity contribution in [2.45, 2.75) is 56.8 Å². The smallest absolute Gasteiger partial charge is 0.489 e. The van der Waals surface area contributed by atoms with Gasteiger partial charge < -0.3 is 81.2 Å². The topological polar surface area (TPSA) is 414 Å². The molecule has 0 bridgehead atoms. The normalized spacial score (nSPS) is 13.8. The zero-order chi connectivity index (χ0) is 59.8. The van der Waals surface area contributed by atoms with E-state index in [0.29, 0.717) is 32.3 Å². The van der Waals surface area contributed by atoms with Gasteiger partial charge in [-0.15, -0.1) is 0 Å². The van der Waals surface area contributed by atoms with Gasteiger partial charge in [-0.25, -0.2) is 34.0 Å². The standard InChI is InChI=1S/C52H53F3N8O19/c53-52(54,55)49(75)82-40(66)26-36(46(71)72)63(44(68)34-8-2-10-38-42(34)79-18-4-6-28-24-30(61-51(58)59)12-14-32(28)48(74)81-38)16-20-77-22-21-76-19-15-62(35(45(69)70)25-39(64)65)43(67)33-7-1-9-37-41(33)78-17-3-5-27-23-29(60-50(56)57)11-13-31(27)47(73)80-37/h1-2,7-14,23-24,35-36H,3-6,15-22,25-26H2,(H,64,65)(H,69,70)(H,71,72)(H4,56,57,60)(H4,58,59,61). The molecule has 27 nitrogen and oxygen atoms in total. The molecule has 30 heteroatoms. The molecule has 0 spiro atoms. The highest BCUT2D eigenvalue weighted by Crippen LogP contribution is 2.37. The Bertz CT molecular complexity index is 3180. The first kappa shape index (κ1) is 61.4. The SMILES string of the molecule is NC(N)=Nc1ccc2c(c1)CCCOc1c(cccc1C(=O)N(CCOCCOCCN(C(=O)c1cccc3c1OCCCc1cc(N=C(N)N)ccc1C(=O)O3)C(CC(=O)OC(=O)C(F)(F)F)C(=O)O)C(CC(=O)O)C(=O)O)OC2=O. The highest BCUT2D eigenvalue weighted by molar-refractivity contribution is 6.03. The number of benzene rings is 4. The van der Waals surface area contributed by atoms with Crippen LogP contribution in [0.1, 0.15) is 78.2 Å². The van der Waals surface area contributed by atoms with Crippen LogP contribution in [0.15, 0.2) is 82.8 Å². The van der Waals surface area contributed by atoms with Crippen molar-refractivity contribution in [1.82, 2.24) is 9.80 Å². The lowest BCUT2D eigenvalue weighted by atomic mass is 10.0. The highest BCUT2D eigenvalue weighted by atomic mass is 19.4. The van der Waals surface area contributed by atoms with Crippen LogP contribution in [0.4, 0.5) is 24.5 Å². The third-order valence-electron chi connectivity index (χ3n) is 12.0. The first-order valence-electron chi connectivity index (χ1n) is 24.6. The molecule has 6 rings (SSSR count). The largest absolute Gasteiger partial charge is 0.491 e. The van der Waals surface area contributed by atoms with E-state index in [0.717, 1.165) is 6.07 Å². The lowest BCUT2D eigenvalue weighted by molar-refractivity contribution is -0.202. The Morgan fingerprint density at radius 3 is 1.43 bits per heavy atom. The van der Waals surface area contributed by atoms with Crippen LogP contribution < -0.4 is 41.9 Å². The summed E-state index contributed by atoms with van der Waals surface area (Å²) in [5.74, 6) is -15.9. The van der Waals surface area contributed by atoms with E-state index < -0.39 is 117 Å². The minimum absolute atomic E-state index is 0.0545. The number of carbonyl (C=O) groups excluding carboxylic acids is 6. The Balaban J connectivity index is 1.17. The molecule has 2 atom stereocenters. The van der Waals surface area contributed by atoms with Crippen molar-refractivity contribution in [2.75, 3.05) is 52.7 Å². The molecular weight excluding hydrogens is 1100 g/mol. The molecule has 2 aliphatic heterocycles. The molecule has 0 aromatic heterocycles. The van der Waals surface area contributed by atoms with Crippen LogP contribution in [0.2, 0.25) is 0 Å². The monoisotopic (exact) mass is 1150 g/mol. The minimum Gasteiger partial charge on any atom is -0.489 e. The molecule has 2 unspecified atom stereocenters. The predicted octanol–water partition coefficient (Wildman–Crippen LogP) is 2.61. The Labute approximate surface area is 462 Å². The van der Waals surface area contributed by atoms with Crippen molar-refractivity contribution >= 4 is 76.9 Å². The summed E-state index contributed by atoms with van der Waals surface area (Å²) in [5, 5.41) is 30.1. The lowest BCUT2D eigenvalue weighted by Crippen LogP contribution is -2.48. The molecule has 4 aromatic rings. The zero-order valence-corrected chi connectivity index (χ0v) is 43.1. The van der Waals surface area contributed by atoms with E-state index in [4.69, 9.17) is 51.4 Å². The second-order valence-corrected chi connectivity index (χ2v) is 17.7. The number of nitrogens with two attached hydrogens (primary N) is 4. The number of hydrogen-bond donors (Lipinski definition) is 7. The van der Waals surface area contributed by atoms with Crippen LogP contribution in [0.25, 0.3) is 0 Å². The van der Waals surface area contributed by atoms with Crippen molar-refractivity contribution < 1.29 is 105 Å². The number of rotatable bonds is 21. The number of fused-ring (bicyclic) bond motifs is 4. The molecule has 2 amide bonds. The maximum absolute atomic E-state index is 14.5. The summed E-state index contributed by atoms with van der Waals surface area (Å²) in [4.78, 5) is 126. The van der Waals surface area contributed by atoms with Crippen LogP contribution in [0, 0.1) is 0 Å². The Morgan fingerprint density at radius 1 is 0.610 bits per heavy atom. The fraction of sp³-hybridized carbons (Fsp3) is 0.327. The van der Waals surface area contributed by atoms with Gasteiger partial charge in [0.25, 0.3) is 11.8 Å². The summed E-state index contributed by atoms with van der Waals surface area (Å²) in [6.07, 6.45) is -7.26. The fourth-order valence-electron chi connectivity index (χ4n) is 8.36. The van der Waals surface area contributed by atoms with Gasteiger partial charge in [0.2, 0.25) is 0 Å². The predicted molar refractivity (Wildman–Crippen MR) is 275 cm³/mol. The van der Waals surface area contributed by atoms with Gasteiger partial charge in [0.1, 0.15) is 12.1 Å². The Kier molecular flexibility index (Phi) is 20.8. The van der Waals surface area contributed by atoms with E-state index in [1.165, 1.54) is 54.6 Å². The molecule has 82 heavy (non-hydrogen) atoms. The fourth-order valence-corrected chi connectivity index (χ4v) is 8.36. The van der Waals surface area contributed by atoms with Gasteiger partial charge in [0, 0.05) is 13.1 Å². The number of hydrogen-bond acceptors (Lipinski definition) is 18. The third-order valence-corrected chi connectivity index (χ3v) is 12.0. The zero-order valence-electron chi connectivity index (χ0n) is 43.1. The number of esters is 4. The van der Waals surface area contributed by atoms with Gasteiger partial charge in [-0.3, -0.25) is 19.2 Å². The van der Waals surface area contributed by atoms with E-state index in [-0.39, 0.29) is 104 Å². The molecule has 11 N–H and O–H groups in total. The van der Waals surface area contributed by atoms with Gasteiger partial charge in [0.05, 0.1) is 86.1 Å². The average Bonchev–Trinajstić information content (AvgIpc) is 3.34. The highest BCUT2D eigenvalue weighted by Gasteiger charge is 2.44. The van der Waals surface area contributed by atoms with Gasteiger partial charge in [-0.1, -0.05) is 12.1 Å². The number of aliphatic imine (C=N–C) groups is 2. The second kappa shape index (κ2) is 27.8. The van der Waals surface area contributed by atoms with Crippen molar-refractivity contribution in [2.24, 2.45) is 32.9 Å². The number of halogens is 3. The van der Waals surface area contributed by atoms with Crippen LogP contribution in [0.3, 0.4) is 0 Å². The molecule has 0 fully saturated rings. The summed E-state index contributed by atoms with van der Waals surface area (Å²) < 4.78 is 77.3. The van der Waals surface area contributed by atoms with Crippen molar-refractivity contribution in [3.63, 3.8) is 0 Å². The number of aliphatic carboxylic acids is 3. The van der Waals surface area contributed by atoms with Crippen molar-refractivity contribution in [3.05, 3.63) is 106 Å². The van der Waals surface area contributed by atoms with Gasteiger partial charge in [-0.05, 0) is 97.5 Å². The van der Waals surface area contributed by atoms with Crippen molar-refractivity contribution in [3.8, 4) is 23.0 Å². The van der Waals surface area contributed by atoms with Gasteiger partial charge >= 0.3 is 48.0 Å². The van der Waals surface area contributed by atoms with Gasteiger partial charge in [0.15, 0.2) is 34.9 Å². The molecule has 0 radical (unpaired) electrons. The molecule has 0 aliphatic carbocycles. The van der Waals surface area contributed by atoms with E-state index in [1.807, 2.05) is 0 Å². The number of carboxylic acids is 3. The van der Waals surface area contributed by atoms with Crippen LogP contribution in [-0.2, 0) is 51.0 Å². The molecule has 2 heterocycles. The number of para-hydroxylation sites is 2. The Hall–Kier alpha value is -9.84. The summed E-state index contributed by atoms with van der Waals surface area (Å²) >= 11 is 0. The van der Waals surface area contributed by atoms with E-state index in [9.17, 15) is 71.6 Å². The van der Waals surface area contributed by atoms with E-state index in [2.05, 4.69) is 14.7 Å². The number of aryl methyl sites for hydroxylation is 2. The number of nitrogens with zero attached hydrogens (tertiary/aromatic N) is 4. The molecule has 4 aromatic carbocycles. The Morgan fingerprint density at radius 2 is 1.04 bits per heavy atom. The first-order valence-corrected chi connectivity index (χ1v) is 24.6. The number of alkyl halides is 3. The van der Waals surface area contributed by atoms with Crippen LogP contribution >= 0.6 is 0 Å². The third kappa shape index (κ3) is 16.4. The summed E-state index contributed by atoms with van der Waals surface area (Å²) in [6.45, 7) is -3.30. The number of amides is 2. The summed E-state index contributed by atoms with van der Waals surface area (Å²) in [5.41, 5.74) is 23.2. The van der Waals surface area contributed by atoms with Crippen LogP contribution in [-0.4, -0.2) is 162 Å². The number of guanidine groups is 2. The molecule has 2 aliphatic rings. The molecular formula is C52H53F3N8O19. The van der Waals surface area contributed by atoms with E-state index >= 15 is 0 Å². The van der Waals surface area contributed by atoms with Crippen molar-refractivity contribution in [1.29, 1.82) is 0 Å². The summed E-state index contributed by atoms with van der Waals surface area (Å²) in [7, 11) is 0. The van der Waals surface area contributed by atoms with Crippen LogP contribution in [0.5, 0.6) is 23.0 Å². The first-order chi connectivity index (χ1) is 38.9. The molecule has 0 saturated carbocycles. The van der Waals surface area contributed by atoms with E-state index in [1.54, 1.807) is 12.1 Å². The maximum Gasteiger partial charge on any atom is 0.491 e.